The Balaban J connectivity index is 1.84. The first kappa shape index (κ1) is 15.9. The summed E-state index contributed by atoms with van der Waals surface area (Å²) in [4.78, 5) is 19.9. The van der Waals surface area contributed by atoms with Crippen molar-refractivity contribution < 1.29 is 9.53 Å². The molecule has 0 N–H and O–H groups in total. The number of hydrogen-bond donors (Lipinski definition) is 0. The van der Waals surface area contributed by atoms with Gasteiger partial charge in [0.1, 0.15) is 11.5 Å². The molecular weight excluding hydrogens is 351 g/mol. The average Bonchev–Trinajstić information content (AvgIpc) is 3.21. The number of carbonyl (C=O) groups is 1. The molecule has 0 aliphatic carbocycles. The fourth-order valence-electron chi connectivity index (χ4n) is 3.90. The third-order valence-electron chi connectivity index (χ3n) is 5.08. The molecule has 3 aromatic rings. The number of rotatable bonds is 2. The number of hydrogen-bond acceptors (Lipinski definition) is 5. The van der Waals surface area contributed by atoms with Crippen LogP contribution in [-0.2, 0) is 11.8 Å². The van der Waals surface area contributed by atoms with Crippen molar-refractivity contribution in [3.8, 4) is 11.3 Å². The molecule has 9 heteroatoms. The highest BCUT2D eigenvalue weighted by atomic mass is 31.1. The monoisotopic (exact) mass is 370 g/mol. The van der Waals surface area contributed by atoms with Gasteiger partial charge in [0.15, 0.2) is 5.69 Å². The normalized spacial score (nSPS) is 18.1. The van der Waals surface area contributed by atoms with E-state index in [0.717, 1.165) is 35.0 Å². The minimum Gasteiger partial charge on any atom is -0.381 e. The molecular formula is C17H19N6O2P. The number of nitrogens with zero attached hydrogens (tertiary/aromatic N) is 6. The van der Waals surface area contributed by atoms with Crippen molar-refractivity contribution in [3.63, 3.8) is 0 Å². The summed E-state index contributed by atoms with van der Waals surface area (Å²) in [7, 11) is 2.33. The van der Waals surface area contributed by atoms with Crippen molar-refractivity contribution in [2.75, 3.05) is 24.8 Å². The standard InChI is InChI=1S/C17H19N6O2P/c1-21-9-11-14-13-12(23(20-14)26-2)3-6-18-16(13)22(17(24)15(11)19-21)10-4-7-25-8-5-10/h3,6,9-10,26H,4-5,7-8H2,1-2H3. The molecule has 2 aliphatic heterocycles. The predicted octanol–water partition coefficient (Wildman–Crippen LogP) is 2.04. The van der Waals surface area contributed by atoms with Crippen molar-refractivity contribution in [2.45, 2.75) is 18.9 Å². The van der Waals surface area contributed by atoms with Gasteiger partial charge < -0.3 is 4.74 Å². The largest absolute Gasteiger partial charge is 0.381 e. The number of aryl methyl sites for hydroxylation is 1. The maximum Gasteiger partial charge on any atom is 0.280 e. The summed E-state index contributed by atoms with van der Waals surface area (Å²) in [6, 6.07) is 2.03. The van der Waals surface area contributed by atoms with Gasteiger partial charge in [-0.3, -0.25) is 14.4 Å². The second-order valence-electron chi connectivity index (χ2n) is 6.60. The van der Waals surface area contributed by atoms with Crippen LogP contribution in [0.2, 0.25) is 0 Å². The number of aromatic nitrogens is 5. The van der Waals surface area contributed by atoms with Gasteiger partial charge in [-0.15, -0.1) is 0 Å². The zero-order chi connectivity index (χ0) is 17.8. The Morgan fingerprint density at radius 1 is 1.23 bits per heavy atom. The third kappa shape index (κ3) is 2.15. The third-order valence-corrected chi connectivity index (χ3v) is 5.84. The van der Waals surface area contributed by atoms with Crippen molar-refractivity contribution in [1.82, 2.24) is 24.3 Å². The molecule has 1 saturated heterocycles. The summed E-state index contributed by atoms with van der Waals surface area (Å²) >= 11 is 0. The van der Waals surface area contributed by atoms with E-state index in [-0.39, 0.29) is 11.9 Å². The SMILES string of the molecule is CPn1nc2c3c(nccc31)N(C1CCOCC1)C(=O)c1nn(C)cc1-2. The molecule has 1 amide bonds. The Bertz CT molecular complexity index is 1020. The summed E-state index contributed by atoms with van der Waals surface area (Å²) in [5, 5.41) is 10.2. The highest BCUT2D eigenvalue weighted by Crippen LogP contribution is 2.42. The van der Waals surface area contributed by atoms with E-state index in [2.05, 4.69) is 16.7 Å². The zero-order valence-electron chi connectivity index (χ0n) is 14.6. The lowest BCUT2D eigenvalue weighted by atomic mass is 10.1. The van der Waals surface area contributed by atoms with Gasteiger partial charge in [-0.2, -0.15) is 10.2 Å². The second kappa shape index (κ2) is 5.86. The van der Waals surface area contributed by atoms with E-state index in [1.54, 1.807) is 10.9 Å². The quantitative estimate of drug-likeness (QED) is 0.645. The van der Waals surface area contributed by atoms with Gasteiger partial charge in [0, 0.05) is 47.4 Å². The highest BCUT2D eigenvalue weighted by Gasteiger charge is 2.38. The van der Waals surface area contributed by atoms with E-state index in [1.807, 2.05) is 28.7 Å². The number of pyridine rings is 1. The van der Waals surface area contributed by atoms with Crippen LogP contribution >= 0.6 is 8.73 Å². The molecule has 5 rings (SSSR count). The van der Waals surface area contributed by atoms with Crippen LogP contribution in [0.1, 0.15) is 23.3 Å². The maximum atomic E-state index is 13.4. The van der Waals surface area contributed by atoms with Crippen LogP contribution in [0, 0.1) is 0 Å². The fourth-order valence-corrected chi connectivity index (χ4v) is 4.53. The molecule has 3 aromatic heterocycles. The molecule has 0 radical (unpaired) electrons. The number of carbonyl (C=O) groups excluding carboxylic acids is 1. The fraction of sp³-hybridized carbons (Fsp3) is 0.412. The van der Waals surface area contributed by atoms with E-state index < -0.39 is 0 Å². The van der Waals surface area contributed by atoms with Gasteiger partial charge in [-0.25, -0.2) is 9.44 Å². The molecule has 26 heavy (non-hydrogen) atoms. The van der Waals surface area contributed by atoms with Gasteiger partial charge in [0.2, 0.25) is 0 Å². The smallest absolute Gasteiger partial charge is 0.280 e. The van der Waals surface area contributed by atoms with Crippen molar-refractivity contribution >= 4 is 31.4 Å². The highest BCUT2D eigenvalue weighted by molar-refractivity contribution is 7.35. The van der Waals surface area contributed by atoms with Crippen LogP contribution in [0.15, 0.2) is 18.5 Å². The number of fused-ring (bicyclic) bond motifs is 2. The van der Waals surface area contributed by atoms with Crippen LogP contribution in [-0.4, -0.2) is 56.1 Å². The molecule has 2 aliphatic rings. The first-order chi connectivity index (χ1) is 12.7. The predicted molar refractivity (Wildman–Crippen MR) is 100 cm³/mol. The molecule has 8 nitrogen and oxygen atoms in total. The molecule has 134 valence electrons. The lowest BCUT2D eigenvalue weighted by Gasteiger charge is -2.33. The number of amides is 1. The Labute approximate surface area is 152 Å². The second-order valence-corrected chi connectivity index (χ2v) is 7.47. The van der Waals surface area contributed by atoms with Crippen LogP contribution in [0.3, 0.4) is 0 Å². The topological polar surface area (TPSA) is 78.1 Å². The molecule has 1 unspecified atom stereocenters. The molecule has 0 aromatic carbocycles. The first-order valence-electron chi connectivity index (χ1n) is 8.70. The minimum absolute atomic E-state index is 0.0579. The lowest BCUT2D eigenvalue weighted by Crippen LogP contribution is -2.44. The Morgan fingerprint density at radius 3 is 2.81 bits per heavy atom. The van der Waals surface area contributed by atoms with Crippen LogP contribution in [0.5, 0.6) is 0 Å². The van der Waals surface area contributed by atoms with Gasteiger partial charge >= 0.3 is 0 Å². The van der Waals surface area contributed by atoms with E-state index in [0.29, 0.717) is 33.5 Å². The van der Waals surface area contributed by atoms with Crippen LogP contribution in [0.25, 0.3) is 22.2 Å². The van der Waals surface area contributed by atoms with Crippen molar-refractivity contribution in [3.05, 3.63) is 24.2 Å². The van der Waals surface area contributed by atoms with Crippen molar-refractivity contribution in [2.24, 2.45) is 7.05 Å². The Morgan fingerprint density at radius 2 is 2.04 bits per heavy atom. The summed E-state index contributed by atoms with van der Waals surface area (Å²) in [6.07, 6.45) is 5.24. The van der Waals surface area contributed by atoms with Crippen LogP contribution in [0.4, 0.5) is 5.82 Å². The summed E-state index contributed by atoms with van der Waals surface area (Å²) in [5.41, 5.74) is 3.03. The molecule has 1 fully saturated rings. The number of ether oxygens (including phenoxy) is 1. The van der Waals surface area contributed by atoms with E-state index in [4.69, 9.17) is 9.84 Å². The van der Waals surface area contributed by atoms with Crippen LogP contribution < -0.4 is 4.90 Å². The molecule has 0 spiro atoms. The maximum absolute atomic E-state index is 13.4. The van der Waals surface area contributed by atoms with Gasteiger partial charge in [0.05, 0.1) is 16.5 Å². The van der Waals surface area contributed by atoms with Crippen molar-refractivity contribution in [1.29, 1.82) is 0 Å². The molecule has 5 heterocycles. The van der Waals surface area contributed by atoms with E-state index in [9.17, 15) is 4.79 Å². The molecule has 1 atom stereocenters. The summed E-state index contributed by atoms with van der Waals surface area (Å²) < 4.78 is 9.18. The van der Waals surface area contributed by atoms with E-state index >= 15 is 0 Å². The minimum atomic E-state index is -0.101. The summed E-state index contributed by atoms with van der Waals surface area (Å²) in [6.45, 7) is 3.40. The Hall–Kier alpha value is -2.31. The number of anilines is 1. The first-order valence-corrected chi connectivity index (χ1v) is 10.1. The Kier molecular flexibility index (Phi) is 3.58. The molecule has 0 bridgehead atoms. The van der Waals surface area contributed by atoms with Gasteiger partial charge in [0.25, 0.3) is 5.91 Å². The van der Waals surface area contributed by atoms with Gasteiger partial charge in [-0.1, -0.05) is 0 Å². The van der Waals surface area contributed by atoms with E-state index in [1.165, 1.54) is 0 Å². The zero-order valence-corrected chi connectivity index (χ0v) is 15.6. The summed E-state index contributed by atoms with van der Waals surface area (Å²) in [5.74, 6) is 0.593. The average molecular weight is 370 g/mol. The lowest BCUT2D eigenvalue weighted by molar-refractivity contribution is 0.0769. The molecule has 0 saturated carbocycles. The van der Waals surface area contributed by atoms with Gasteiger partial charge in [-0.05, 0) is 25.6 Å².